The maximum atomic E-state index is 5.85. The van der Waals surface area contributed by atoms with E-state index >= 15 is 0 Å². The SMILES string of the molecule is CCCCOc1ccccc1N1CCCC1. The van der Waals surface area contributed by atoms with Crippen LogP contribution in [-0.4, -0.2) is 19.7 Å². The van der Waals surface area contributed by atoms with Crippen LogP contribution in [0.2, 0.25) is 0 Å². The highest BCUT2D eigenvalue weighted by Crippen LogP contribution is 2.30. The van der Waals surface area contributed by atoms with Gasteiger partial charge in [0.25, 0.3) is 0 Å². The second-order valence-corrected chi connectivity index (χ2v) is 4.36. The van der Waals surface area contributed by atoms with Crippen LogP contribution in [0.15, 0.2) is 24.3 Å². The lowest BCUT2D eigenvalue weighted by Gasteiger charge is -2.21. The van der Waals surface area contributed by atoms with Crippen molar-refractivity contribution in [2.75, 3.05) is 24.6 Å². The first kappa shape index (κ1) is 11.3. The van der Waals surface area contributed by atoms with Crippen LogP contribution in [0.5, 0.6) is 5.75 Å². The number of benzene rings is 1. The van der Waals surface area contributed by atoms with Gasteiger partial charge in [-0.25, -0.2) is 0 Å². The summed E-state index contributed by atoms with van der Waals surface area (Å²) in [5, 5.41) is 0. The van der Waals surface area contributed by atoms with E-state index in [9.17, 15) is 0 Å². The van der Waals surface area contributed by atoms with Gasteiger partial charge in [0.05, 0.1) is 12.3 Å². The molecule has 1 aliphatic rings. The van der Waals surface area contributed by atoms with Gasteiger partial charge in [0, 0.05) is 13.1 Å². The van der Waals surface area contributed by atoms with Crippen LogP contribution in [0.1, 0.15) is 32.6 Å². The van der Waals surface area contributed by atoms with E-state index in [0.29, 0.717) is 0 Å². The van der Waals surface area contributed by atoms with Crippen molar-refractivity contribution in [3.8, 4) is 5.75 Å². The summed E-state index contributed by atoms with van der Waals surface area (Å²) in [5.41, 5.74) is 1.27. The van der Waals surface area contributed by atoms with Gasteiger partial charge < -0.3 is 9.64 Å². The Morgan fingerprint density at radius 3 is 2.69 bits per heavy atom. The zero-order chi connectivity index (χ0) is 11.2. The minimum Gasteiger partial charge on any atom is -0.491 e. The maximum absolute atomic E-state index is 5.85. The monoisotopic (exact) mass is 219 g/mol. The van der Waals surface area contributed by atoms with E-state index in [1.54, 1.807) is 0 Å². The number of unbranched alkanes of at least 4 members (excludes halogenated alkanes) is 1. The molecule has 0 amide bonds. The summed E-state index contributed by atoms with van der Waals surface area (Å²) in [5.74, 6) is 1.05. The second-order valence-electron chi connectivity index (χ2n) is 4.36. The minimum absolute atomic E-state index is 0.835. The Morgan fingerprint density at radius 1 is 1.19 bits per heavy atom. The van der Waals surface area contributed by atoms with E-state index in [4.69, 9.17) is 4.74 Å². The molecule has 0 spiro atoms. The molecule has 1 saturated heterocycles. The van der Waals surface area contributed by atoms with E-state index in [-0.39, 0.29) is 0 Å². The number of hydrogen-bond acceptors (Lipinski definition) is 2. The number of anilines is 1. The average molecular weight is 219 g/mol. The predicted octanol–water partition coefficient (Wildman–Crippen LogP) is 3.47. The van der Waals surface area contributed by atoms with Crippen LogP contribution < -0.4 is 9.64 Å². The molecule has 1 heterocycles. The van der Waals surface area contributed by atoms with Crippen LogP contribution in [0.25, 0.3) is 0 Å². The molecule has 2 rings (SSSR count). The molecule has 2 heteroatoms. The van der Waals surface area contributed by atoms with Crippen LogP contribution in [-0.2, 0) is 0 Å². The lowest BCUT2D eigenvalue weighted by molar-refractivity contribution is 0.310. The van der Waals surface area contributed by atoms with Crippen molar-refractivity contribution in [2.45, 2.75) is 32.6 Å². The van der Waals surface area contributed by atoms with Crippen LogP contribution in [0.3, 0.4) is 0 Å². The smallest absolute Gasteiger partial charge is 0.142 e. The number of para-hydroxylation sites is 2. The number of nitrogens with zero attached hydrogens (tertiary/aromatic N) is 1. The fourth-order valence-corrected chi connectivity index (χ4v) is 2.12. The first-order valence-electron chi connectivity index (χ1n) is 6.38. The van der Waals surface area contributed by atoms with Crippen LogP contribution in [0.4, 0.5) is 5.69 Å². The third kappa shape index (κ3) is 2.69. The molecule has 0 N–H and O–H groups in total. The zero-order valence-corrected chi connectivity index (χ0v) is 10.1. The van der Waals surface area contributed by atoms with E-state index in [2.05, 4.69) is 36.1 Å². The summed E-state index contributed by atoms with van der Waals surface area (Å²) >= 11 is 0. The summed E-state index contributed by atoms with van der Waals surface area (Å²) in [7, 11) is 0. The third-order valence-electron chi connectivity index (χ3n) is 3.07. The lowest BCUT2D eigenvalue weighted by Crippen LogP contribution is -2.18. The maximum Gasteiger partial charge on any atom is 0.142 e. The molecular formula is C14H21NO. The highest BCUT2D eigenvalue weighted by Gasteiger charge is 2.15. The summed E-state index contributed by atoms with van der Waals surface area (Å²) in [6, 6.07) is 8.41. The van der Waals surface area contributed by atoms with Gasteiger partial charge in [-0.3, -0.25) is 0 Å². The Morgan fingerprint density at radius 2 is 1.94 bits per heavy atom. The standard InChI is InChI=1S/C14H21NO/c1-2-3-12-16-14-9-5-4-8-13(14)15-10-6-7-11-15/h4-5,8-9H,2-3,6-7,10-12H2,1H3. The highest BCUT2D eigenvalue weighted by molar-refractivity contribution is 5.58. The lowest BCUT2D eigenvalue weighted by atomic mass is 10.2. The normalized spacial score (nSPS) is 15.4. The Kier molecular flexibility index (Phi) is 4.09. The minimum atomic E-state index is 0.835. The fourth-order valence-electron chi connectivity index (χ4n) is 2.12. The molecule has 1 aromatic carbocycles. The molecule has 0 bridgehead atoms. The van der Waals surface area contributed by atoms with Crippen molar-refractivity contribution in [2.24, 2.45) is 0 Å². The van der Waals surface area contributed by atoms with Gasteiger partial charge in [0.1, 0.15) is 5.75 Å². The molecule has 1 fully saturated rings. The van der Waals surface area contributed by atoms with Crippen molar-refractivity contribution in [1.29, 1.82) is 0 Å². The quantitative estimate of drug-likeness (QED) is 0.703. The van der Waals surface area contributed by atoms with Crippen molar-refractivity contribution in [3.63, 3.8) is 0 Å². The molecule has 0 aromatic heterocycles. The zero-order valence-electron chi connectivity index (χ0n) is 10.1. The summed E-state index contributed by atoms with van der Waals surface area (Å²) in [6.07, 6.45) is 4.94. The average Bonchev–Trinajstić information content (AvgIpc) is 2.83. The molecule has 0 saturated carbocycles. The second kappa shape index (κ2) is 5.78. The van der Waals surface area contributed by atoms with Crippen molar-refractivity contribution < 1.29 is 4.74 Å². The fraction of sp³-hybridized carbons (Fsp3) is 0.571. The first-order valence-corrected chi connectivity index (χ1v) is 6.38. The van der Waals surface area contributed by atoms with Gasteiger partial charge in [0.2, 0.25) is 0 Å². The molecule has 0 unspecified atom stereocenters. The summed E-state index contributed by atoms with van der Waals surface area (Å²) in [6.45, 7) is 5.37. The number of ether oxygens (including phenoxy) is 1. The van der Waals surface area contributed by atoms with Crippen LogP contribution >= 0.6 is 0 Å². The summed E-state index contributed by atoms with van der Waals surface area (Å²) in [4.78, 5) is 2.43. The molecule has 1 aromatic rings. The van der Waals surface area contributed by atoms with Gasteiger partial charge in [-0.1, -0.05) is 25.5 Å². The van der Waals surface area contributed by atoms with E-state index in [1.807, 2.05) is 0 Å². The molecule has 0 aliphatic carbocycles. The van der Waals surface area contributed by atoms with E-state index in [1.165, 1.54) is 38.0 Å². The van der Waals surface area contributed by atoms with Crippen molar-refractivity contribution in [3.05, 3.63) is 24.3 Å². The molecule has 88 valence electrons. The largest absolute Gasteiger partial charge is 0.491 e. The third-order valence-corrected chi connectivity index (χ3v) is 3.07. The Bertz CT molecular complexity index is 318. The molecule has 0 atom stereocenters. The highest BCUT2D eigenvalue weighted by atomic mass is 16.5. The van der Waals surface area contributed by atoms with Gasteiger partial charge in [0.15, 0.2) is 0 Å². The Balaban J connectivity index is 2.04. The van der Waals surface area contributed by atoms with Gasteiger partial charge in [-0.15, -0.1) is 0 Å². The van der Waals surface area contributed by atoms with Crippen LogP contribution in [0, 0.1) is 0 Å². The van der Waals surface area contributed by atoms with E-state index in [0.717, 1.165) is 18.8 Å². The molecular weight excluding hydrogens is 198 g/mol. The number of hydrogen-bond donors (Lipinski definition) is 0. The Labute approximate surface area is 98.2 Å². The molecule has 2 nitrogen and oxygen atoms in total. The van der Waals surface area contributed by atoms with Crippen molar-refractivity contribution in [1.82, 2.24) is 0 Å². The first-order chi connectivity index (χ1) is 7.92. The molecule has 0 radical (unpaired) electrons. The molecule has 16 heavy (non-hydrogen) atoms. The number of rotatable bonds is 5. The predicted molar refractivity (Wildman–Crippen MR) is 68.3 cm³/mol. The molecule has 1 aliphatic heterocycles. The van der Waals surface area contributed by atoms with Crippen molar-refractivity contribution >= 4 is 5.69 Å². The van der Waals surface area contributed by atoms with Gasteiger partial charge >= 0.3 is 0 Å². The summed E-state index contributed by atoms with van der Waals surface area (Å²) < 4.78 is 5.85. The Hall–Kier alpha value is -1.18. The van der Waals surface area contributed by atoms with Gasteiger partial charge in [-0.05, 0) is 31.4 Å². The topological polar surface area (TPSA) is 12.5 Å². The van der Waals surface area contributed by atoms with E-state index < -0.39 is 0 Å². The van der Waals surface area contributed by atoms with Gasteiger partial charge in [-0.2, -0.15) is 0 Å².